The van der Waals surface area contributed by atoms with Gasteiger partial charge in [0.1, 0.15) is 0 Å². The van der Waals surface area contributed by atoms with E-state index in [4.69, 9.17) is 18.9 Å². The molecule has 0 aromatic heterocycles. The van der Waals surface area contributed by atoms with Crippen LogP contribution in [0.4, 0.5) is 0 Å². The molecule has 0 bridgehead atoms. The smallest absolute Gasteiger partial charge is 0.0543 e. The van der Waals surface area contributed by atoms with Gasteiger partial charge in [0.2, 0.25) is 0 Å². The average Bonchev–Trinajstić information content (AvgIpc) is 3.55. The van der Waals surface area contributed by atoms with Crippen LogP contribution in [0.25, 0.3) is 22.3 Å². The second-order valence-corrected chi connectivity index (χ2v) is 16.3. The molecule has 4 heteroatoms. The first-order chi connectivity index (χ1) is 24.8. The summed E-state index contributed by atoms with van der Waals surface area (Å²) in [5.41, 5.74) is 14.0. The van der Waals surface area contributed by atoms with Crippen molar-refractivity contribution in [2.45, 2.75) is 163 Å². The van der Waals surface area contributed by atoms with Gasteiger partial charge in [0, 0.05) is 39.3 Å². The Kier molecular flexibility index (Phi) is 16.6. The van der Waals surface area contributed by atoms with Crippen molar-refractivity contribution in [2.75, 3.05) is 28.4 Å². The molecule has 0 amide bonds. The third-order valence-corrected chi connectivity index (χ3v) is 11.7. The van der Waals surface area contributed by atoms with Crippen molar-refractivity contribution < 1.29 is 18.9 Å². The van der Waals surface area contributed by atoms with Gasteiger partial charge in [-0.3, -0.25) is 0 Å². The summed E-state index contributed by atoms with van der Waals surface area (Å²) >= 11 is 0. The minimum atomic E-state index is -0.101. The van der Waals surface area contributed by atoms with Gasteiger partial charge in [0.05, 0.1) is 24.4 Å². The molecule has 2 aliphatic rings. The van der Waals surface area contributed by atoms with E-state index in [9.17, 15) is 0 Å². The maximum Gasteiger partial charge on any atom is 0.0543 e. The number of ether oxygens (including phenoxy) is 4. The Labute approximate surface area is 319 Å². The maximum absolute atomic E-state index is 5.83. The normalized spacial score (nSPS) is 20.4. The van der Waals surface area contributed by atoms with E-state index in [2.05, 4.69) is 111 Å². The summed E-state index contributed by atoms with van der Waals surface area (Å²) in [5.74, 6) is 0.833. The highest BCUT2D eigenvalue weighted by atomic mass is 16.5. The number of rotatable bonds is 16. The highest BCUT2D eigenvalue weighted by Gasteiger charge is 2.48. The predicted octanol–water partition coefficient (Wildman–Crippen LogP) is 12.8. The summed E-state index contributed by atoms with van der Waals surface area (Å²) in [7, 11) is 7.35. The van der Waals surface area contributed by atoms with Crippen LogP contribution in [0.3, 0.4) is 0 Å². The lowest BCUT2D eigenvalue weighted by atomic mass is 9.68. The van der Waals surface area contributed by atoms with E-state index in [1.54, 1.807) is 0 Å². The molecule has 4 nitrogen and oxygen atoms in total. The molecular weight excluding hydrogens is 641 g/mol. The van der Waals surface area contributed by atoms with Gasteiger partial charge in [-0.2, -0.15) is 0 Å². The fourth-order valence-corrected chi connectivity index (χ4v) is 8.30. The van der Waals surface area contributed by atoms with Crippen LogP contribution < -0.4 is 0 Å². The van der Waals surface area contributed by atoms with Crippen LogP contribution in [0.5, 0.6) is 0 Å². The summed E-state index contributed by atoms with van der Waals surface area (Å²) in [4.78, 5) is 0. The molecule has 0 aliphatic heterocycles. The van der Waals surface area contributed by atoms with E-state index < -0.39 is 0 Å². The van der Waals surface area contributed by atoms with Crippen molar-refractivity contribution in [2.24, 2.45) is 5.92 Å². The second-order valence-electron chi connectivity index (χ2n) is 16.3. The molecule has 0 N–H and O–H groups in total. The van der Waals surface area contributed by atoms with Gasteiger partial charge in [-0.05, 0) is 155 Å². The zero-order valence-electron chi connectivity index (χ0n) is 35.8. The number of hydrogen-bond acceptors (Lipinski definition) is 4. The van der Waals surface area contributed by atoms with Gasteiger partial charge in [-0.15, -0.1) is 0 Å². The Bertz CT molecular complexity index is 1410. The van der Waals surface area contributed by atoms with Gasteiger partial charge in [0.15, 0.2) is 0 Å². The Morgan fingerprint density at radius 3 is 0.923 bits per heavy atom. The first kappa shape index (κ1) is 43.9. The fraction of sp³-hybridized carbons (Fsp3) is 0.625. The molecule has 3 aromatic carbocycles. The van der Waals surface area contributed by atoms with Crippen molar-refractivity contribution in [3.8, 4) is 22.3 Å². The minimum absolute atomic E-state index is 0.101. The number of aryl methyl sites for hydroxylation is 2. The van der Waals surface area contributed by atoms with E-state index >= 15 is 0 Å². The van der Waals surface area contributed by atoms with Crippen molar-refractivity contribution in [1.29, 1.82) is 0 Å². The SMILES string of the molecule is CC.CC(C)C.COC(C)CCC1(CCC(C)OC)c2cc(C)ccc2-c2cc3c(cc21)-c1ccc(C)cc1C3(CCC(C)OC)CCC(C)OC. The van der Waals surface area contributed by atoms with Gasteiger partial charge in [-0.25, -0.2) is 0 Å². The molecule has 4 unspecified atom stereocenters. The molecule has 0 spiro atoms. The van der Waals surface area contributed by atoms with Crippen LogP contribution in [0, 0.1) is 19.8 Å². The van der Waals surface area contributed by atoms with Crippen molar-refractivity contribution >= 4 is 0 Å². The molecule has 0 saturated heterocycles. The van der Waals surface area contributed by atoms with Crippen LogP contribution in [0.2, 0.25) is 0 Å². The number of benzene rings is 3. The zero-order chi connectivity index (χ0) is 38.8. The minimum Gasteiger partial charge on any atom is -0.382 e. The quantitative estimate of drug-likeness (QED) is 0.148. The Morgan fingerprint density at radius 2 is 0.673 bits per heavy atom. The van der Waals surface area contributed by atoms with Crippen molar-refractivity contribution in [3.05, 3.63) is 81.9 Å². The molecule has 0 saturated carbocycles. The Balaban J connectivity index is 0.00000114. The van der Waals surface area contributed by atoms with E-state index in [0.29, 0.717) is 0 Å². The lowest BCUT2D eigenvalue weighted by Crippen LogP contribution is -2.30. The molecule has 5 rings (SSSR count). The van der Waals surface area contributed by atoms with E-state index in [1.807, 2.05) is 42.3 Å². The van der Waals surface area contributed by atoms with Crippen molar-refractivity contribution in [1.82, 2.24) is 0 Å². The first-order valence-corrected chi connectivity index (χ1v) is 20.3. The maximum atomic E-state index is 5.83. The Hall–Kier alpha value is -2.50. The number of hydrogen-bond donors (Lipinski definition) is 0. The summed E-state index contributed by atoms with van der Waals surface area (Å²) in [6.07, 6.45) is 9.00. The molecule has 52 heavy (non-hydrogen) atoms. The zero-order valence-corrected chi connectivity index (χ0v) is 35.8. The first-order valence-electron chi connectivity index (χ1n) is 20.3. The lowest BCUT2D eigenvalue weighted by molar-refractivity contribution is 0.0922. The van der Waals surface area contributed by atoms with Crippen LogP contribution in [0.15, 0.2) is 48.5 Å². The number of fused-ring (bicyclic) bond motifs is 6. The number of methoxy groups -OCH3 is 4. The van der Waals surface area contributed by atoms with Crippen LogP contribution in [-0.2, 0) is 29.8 Å². The molecular formula is C48H74O4. The largest absolute Gasteiger partial charge is 0.382 e. The molecule has 4 atom stereocenters. The predicted molar refractivity (Wildman–Crippen MR) is 223 cm³/mol. The third-order valence-electron chi connectivity index (χ3n) is 11.7. The molecule has 0 radical (unpaired) electrons. The fourth-order valence-electron chi connectivity index (χ4n) is 8.30. The lowest BCUT2D eigenvalue weighted by Gasteiger charge is -2.36. The van der Waals surface area contributed by atoms with E-state index in [-0.39, 0.29) is 35.2 Å². The summed E-state index contributed by atoms with van der Waals surface area (Å²) in [6, 6.07) is 19.6. The highest BCUT2D eigenvalue weighted by molar-refractivity contribution is 5.90. The molecule has 290 valence electrons. The third kappa shape index (κ3) is 9.59. The molecule has 2 aliphatic carbocycles. The Morgan fingerprint density at radius 1 is 0.423 bits per heavy atom. The van der Waals surface area contributed by atoms with Crippen LogP contribution in [-0.4, -0.2) is 52.9 Å². The summed E-state index contributed by atoms with van der Waals surface area (Å²) in [6.45, 7) is 23.8. The molecule has 0 heterocycles. The van der Waals surface area contributed by atoms with E-state index in [1.165, 1.54) is 55.6 Å². The topological polar surface area (TPSA) is 36.9 Å². The van der Waals surface area contributed by atoms with E-state index in [0.717, 1.165) is 57.3 Å². The van der Waals surface area contributed by atoms with Crippen molar-refractivity contribution in [3.63, 3.8) is 0 Å². The monoisotopic (exact) mass is 715 g/mol. The van der Waals surface area contributed by atoms with Gasteiger partial charge >= 0.3 is 0 Å². The van der Waals surface area contributed by atoms with Crippen LogP contribution in [0.1, 0.15) is 147 Å². The van der Waals surface area contributed by atoms with Crippen LogP contribution >= 0.6 is 0 Å². The van der Waals surface area contributed by atoms with Gasteiger partial charge < -0.3 is 18.9 Å². The van der Waals surface area contributed by atoms with Gasteiger partial charge in [0.25, 0.3) is 0 Å². The molecule has 0 fully saturated rings. The summed E-state index contributed by atoms with van der Waals surface area (Å²) < 4.78 is 23.3. The average molecular weight is 715 g/mol. The second kappa shape index (κ2) is 19.7. The molecule has 3 aromatic rings. The standard InChI is InChI=1S/C42H58O4.C4H10.C2H6/c1-27-11-13-33-35-25-40-36(26-39(35)41(37(33)23-27,19-15-29(3)43-7)20-16-30(4)44-8)34-14-12-28(2)24-38(34)42(40,21-17-31(5)45-9)22-18-32(6)46-10;1-4(2)3;1-2/h11-14,23-26,29-32H,15-22H2,1-10H3;4H,1-3H3;1-2H3. The van der Waals surface area contributed by atoms with Gasteiger partial charge in [-0.1, -0.05) is 82.1 Å². The summed E-state index contributed by atoms with van der Waals surface area (Å²) in [5, 5.41) is 0. The highest BCUT2D eigenvalue weighted by Crippen LogP contribution is 2.61.